The van der Waals surface area contributed by atoms with Crippen LogP contribution in [0.15, 0.2) is 0 Å². The van der Waals surface area contributed by atoms with Gasteiger partial charge >= 0.3 is 0 Å². The number of ether oxygens (including phenoxy) is 6. The van der Waals surface area contributed by atoms with Gasteiger partial charge in [-0.15, -0.1) is 0 Å². The smallest absolute Gasteiger partial charge is 0.248 e. The van der Waals surface area contributed by atoms with Crippen LogP contribution in [-0.2, 0) is 33.2 Å². The van der Waals surface area contributed by atoms with Crippen molar-refractivity contribution in [2.24, 2.45) is 5.92 Å². The molecule has 0 aromatic carbocycles. The Hall–Kier alpha value is -0.970. The van der Waals surface area contributed by atoms with Crippen LogP contribution in [0.1, 0.15) is 52.4 Å². The molecule has 0 aromatic heterocycles. The van der Waals surface area contributed by atoms with Crippen molar-refractivity contribution in [3.8, 4) is 0 Å². The lowest BCUT2D eigenvalue weighted by Gasteiger charge is -2.47. The maximum absolute atomic E-state index is 12.5. The summed E-state index contributed by atoms with van der Waals surface area (Å²) in [5.41, 5.74) is 0. The van der Waals surface area contributed by atoms with Gasteiger partial charge in [0.15, 0.2) is 12.6 Å². The Kier molecular flexibility index (Phi) is 11.0. The van der Waals surface area contributed by atoms with Crippen molar-refractivity contribution < 1.29 is 58.7 Å². The highest BCUT2D eigenvalue weighted by atomic mass is 16.7. The highest BCUT2D eigenvalue weighted by Gasteiger charge is 2.51. The minimum absolute atomic E-state index is 0.00667. The molecule has 3 aliphatic heterocycles. The zero-order chi connectivity index (χ0) is 28.3. The number of nitrogens with one attached hydrogen (secondary N) is 1. The van der Waals surface area contributed by atoms with Gasteiger partial charge in [-0.05, 0) is 44.9 Å². The lowest BCUT2D eigenvalue weighted by molar-refractivity contribution is -0.351. The first-order valence-corrected chi connectivity index (χ1v) is 14.1. The fraction of sp³-hybridized carbons (Fsp3) is 0.962. The van der Waals surface area contributed by atoms with Crippen LogP contribution in [0.2, 0.25) is 0 Å². The van der Waals surface area contributed by atoms with Gasteiger partial charge in [0.05, 0.1) is 24.9 Å². The number of aliphatic hydroxyl groups is 5. The highest BCUT2D eigenvalue weighted by Crippen LogP contribution is 2.36. The summed E-state index contributed by atoms with van der Waals surface area (Å²) in [5.74, 6) is -0.317. The molecule has 1 saturated carbocycles. The van der Waals surface area contributed by atoms with Crippen LogP contribution in [0.3, 0.4) is 0 Å². The fourth-order valence-corrected chi connectivity index (χ4v) is 5.90. The predicted molar refractivity (Wildman–Crippen MR) is 133 cm³/mol. The first kappa shape index (κ1) is 31.0. The van der Waals surface area contributed by atoms with Crippen LogP contribution in [0, 0.1) is 5.92 Å². The van der Waals surface area contributed by atoms with Gasteiger partial charge in [0.25, 0.3) is 0 Å². The Labute approximate surface area is 228 Å². The standard InChI is InChI=1S/C26H45NO12/c1-12-7-6-9-14(21(12)39-25-20(32)19(31)17(29)13(2)35-25)37-26-23-22(18(30)16(11-28)38-26)36-15(24(33)27-3)8-4-5-10-34-23/h12-23,25-26,28-32H,4-11H2,1-3H3,(H,27,33)/t12-,13?,14-,15-,16+,17-,18+,19?,20+,21?,22?,23?,25+,26-/m1/s1. The van der Waals surface area contributed by atoms with E-state index in [9.17, 15) is 30.3 Å². The van der Waals surface area contributed by atoms with E-state index in [0.717, 1.165) is 12.8 Å². The number of hydrogen-bond donors (Lipinski definition) is 6. The summed E-state index contributed by atoms with van der Waals surface area (Å²) >= 11 is 0. The summed E-state index contributed by atoms with van der Waals surface area (Å²) in [6, 6.07) is 0. The van der Waals surface area contributed by atoms with E-state index in [4.69, 9.17) is 28.4 Å². The number of carbonyl (C=O) groups is 1. The molecule has 4 aliphatic rings. The quantitative estimate of drug-likeness (QED) is 0.221. The largest absolute Gasteiger partial charge is 0.394 e. The molecule has 6 N–H and O–H groups in total. The third-order valence-corrected chi connectivity index (χ3v) is 8.31. The van der Waals surface area contributed by atoms with E-state index in [1.807, 2.05) is 6.92 Å². The van der Waals surface area contributed by atoms with Crippen LogP contribution in [-0.4, -0.2) is 131 Å². The van der Waals surface area contributed by atoms with Crippen molar-refractivity contribution in [1.82, 2.24) is 5.32 Å². The molecule has 5 unspecified atom stereocenters. The molecule has 39 heavy (non-hydrogen) atoms. The summed E-state index contributed by atoms with van der Waals surface area (Å²) in [7, 11) is 1.52. The van der Waals surface area contributed by atoms with Gasteiger partial charge in [0.2, 0.25) is 5.91 Å². The summed E-state index contributed by atoms with van der Waals surface area (Å²) in [6.07, 6.45) is -9.16. The molecule has 4 fully saturated rings. The van der Waals surface area contributed by atoms with Crippen LogP contribution in [0.25, 0.3) is 0 Å². The highest BCUT2D eigenvalue weighted by molar-refractivity contribution is 5.80. The molecule has 3 saturated heterocycles. The van der Waals surface area contributed by atoms with E-state index in [2.05, 4.69) is 5.32 Å². The molecule has 4 rings (SSSR count). The lowest BCUT2D eigenvalue weighted by atomic mass is 9.85. The Balaban J connectivity index is 1.54. The van der Waals surface area contributed by atoms with Gasteiger partial charge in [0.1, 0.15) is 48.8 Å². The normalized spacial score (nSPS) is 47.8. The topological polar surface area (TPSA) is 186 Å². The molecular weight excluding hydrogens is 518 g/mol. The van der Waals surface area contributed by atoms with E-state index in [1.54, 1.807) is 6.92 Å². The zero-order valence-corrected chi connectivity index (χ0v) is 22.8. The summed E-state index contributed by atoms with van der Waals surface area (Å²) in [5, 5.41) is 54.4. The van der Waals surface area contributed by atoms with E-state index in [0.29, 0.717) is 32.3 Å². The van der Waals surface area contributed by atoms with Gasteiger partial charge in [-0.2, -0.15) is 0 Å². The van der Waals surface area contributed by atoms with Gasteiger partial charge < -0.3 is 59.3 Å². The second-order valence-electron chi connectivity index (χ2n) is 11.1. The van der Waals surface area contributed by atoms with E-state index >= 15 is 0 Å². The summed E-state index contributed by atoms with van der Waals surface area (Å²) in [6.45, 7) is 3.42. The molecule has 0 spiro atoms. The maximum atomic E-state index is 12.5. The van der Waals surface area contributed by atoms with Crippen molar-refractivity contribution in [2.45, 2.75) is 132 Å². The van der Waals surface area contributed by atoms with E-state index in [1.165, 1.54) is 7.05 Å². The van der Waals surface area contributed by atoms with Crippen LogP contribution in [0.4, 0.5) is 0 Å². The number of fused-ring (bicyclic) bond motifs is 1. The summed E-state index contributed by atoms with van der Waals surface area (Å²) in [4.78, 5) is 12.5. The van der Waals surface area contributed by atoms with Crippen LogP contribution in [0.5, 0.6) is 0 Å². The number of rotatable bonds is 6. The van der Waals surface area contributed by atoms with Gasteiger partial charge in [-0.3, -0.25) is 4.79 Å². The monoisotopic (exact) mass is 563 g/mol. The number of hydrogen-bond acceptors (Lipinski definition) is 12. The van der Waals surface area contributed by atoms with Crippen molar-refractivity contribution in [3.05, 3.63) is 0 Å². The van der Waals surface area contributed by atoms with Gasteiger partial charge in [-0.25, -0.2) is 0 Å². The number of aliphatic hydroxyl groups excluding tert-OH is 5. The Bertz CT molecular complexity index is 790. The molecule has 13 heteroatoms. The molecule has 14 atom stereocenters. The number of carbonyl (C=O) groups excluding carboxylic acids is 1. The maximum Gasteiger partial charge on any atom is 0.248 e. The van der Waals surface area contributed by atoms with E-state index in [-0.39, 0.29) is 11.8 Å². The SMILES string of the molecule is CNC(=O)[C@H]1CCCCOC2C(O1)[C@@H](O)[C@H](CO)O[C@H]2O[C@@H]1CCC[C@@H](C)C1O[C@@H]1OC(C)[C@@H](O)C(O)[C@@H]1O. The first-order valence-electron chi connectivity index (χ1n) is 14.1. The number of amides is 1. The Morgan fingerprint density at radius 2 is 1.62 bits per heavy atom. The zero-order valence-electron chi connectivity index (χ0n) is 22.8. The second kappa shape index (κ2) is 13.8. The number of likely N-dealkylation sites (N-methyl/N-ethyl adjacent to an activating group) is 1. The second-order valence-corrected chi connectivity index (χ2v) is 11.1. The summed E-state index contributed by atoms with van der Waals surface area (Å²) < 4.78 is 36.5. The van der Waals surface area contributed by atoms with Crippen molar-refractivity contribution in [2.75, 3.05) is 20.3 Å². The van der Waals surface area contributed by atoms with Crippen molar-refractivity contribution in [1.29, 1.82) is 0 Å². The van der Waals surface area contributed by atoms with Crippen molar-refractivity contribution in [3.63, 3.8) is 0 Å². The molecule has 1 amide bonds. The van der Waals surface area contributed by atoms with Gasteiger partial charge in [-0.1, -0.05) is 13.3 Å². The Morgan fingerprint density at radius 1 is 0.846 bits per heavy atom. The molecule has 3 heterocycles. The van der Waals surface area contributed by atoms with Crippen LogP contribution >= 0.6 is 0 Å². The van der Waals surface area contributed by atoms with E-state index < -0.39 is 86.3 Å². The lowest BCUT2D eigenvalue weighted by Crippen LogP contribution is -2.63. The van der Waals surface area contributed by atoms with Crippen molar-refractivity contribution >= 4 is 5.91 Å². The minimum Gasteiger partial charge on any atom is -0.394 e. The molecular formula is C26H45NO12. The van der Waals surface area contributed by atoms with Crippen LogP contribution < -0.4 is 5.32 Å². The fourth-order valence-electron chi connectivity index (χ4n) is 5.90. The molecule has 1 aliphatic carbocycles. The molecule has 13 nitrogen and oxygen atoms in total. The Morgan fingerprint density at radius 3 is 2.33 bits per heavy atom. The first-order chi connectivity index (χ1) is 18.7. The minimum atomic E-state index is -1.46. The third kappa shape index (κ3) is 6.92. The predicted octanol–water partition coefficient (Wildman–Crippen LogP) is -1.45. The average molecular weight is 564 g/mol. The molecule has 0 radical (unpaired) electrons. The van der Waals surface area contributed by atoms with Gasteiger partial charge in [0, 0.05) is 13.7 Å². The molecule has 0 aromatic rings. The average Bonchev–Trinajstić information content (AvgIpc) is 3.04. The molecule has 226 valence electrons. The third-order valence-electron chi connectivity index (χ3n) is 8.31. The molecule has 0 bridgehead atoms.